The summed E-state index contributed by atoms with van der Waals surface area (Å²) < 4.78 is 20.2. The van der Waals surface area contributed by atoms with Gasteiger partial charge in [-0.2, -0.15) is 0 Å². The molecule has 1 rings (SSSR count). The molecule has 11 heavy (non-hydrogen) atoms. The Morgan fingerprint density at radius 1 is 1.45 bits per heavy atom. The molecule has 0 unspecified atom stereocenters. The van der Waals surface area contributed by atoms with E-state index in [1.165, 1.54) is 0 Å². The molecule has 1 aliphatic rings. The Morgan fingerprint density at radius 3 is 2.18 bits per heavy atom. The van der Waals surface area contributed by atoms with Gasteiger partial charge in [-0.25, -0.2) is 8.42 Å². The molecule has 0 heterocycles. The first-order chi connectivity index (χ1) is 4.81. The van der Waals surface area contributed by atoms with Crippen LogP contribution in [0.3, 0.4) is 0 Å². The van der Waals surface area contributed by atoms with E-state index in [0.717, 1.165) is 0 Å². The van der Waals surface area contributed by atoms with Crippen molar-refractivity contribution in [2.45, 2.75) is 17.2 Å². The van der Waals surface area contributed by atoms with Crippen LogP contribution in [0.2, 0.25) is 0 Å². The van der Waals surface area contributed by atoms with Crippen molar-refractivity contribution in [2.75, 3.05) is 5.75 Å². The predicted molar refractivity (Wildman–Crippen MR) is 46.8 cm³/mol. The average Bonchev–Trinajstić information content (AvgIpc) is 2.33. The molecule has 0 N–H and O–H groups in total. The van der Waals surface area contributed by atoms with Crippen molar-refractivity contribution in [2.24, 2.45) is 5.92 Å². The molecular formula is C5H7Cl3O2S. The normalized spacial score (nSPS) is 28.5. The fraction of sp³-hybridized carbons (Fsp3) is 1.00. The molecule has 1 saturated carbocycles. The van der Waals surface area contributed by atoms with Crippen molar-refractivity contribution in [1.29, 1.82) is 0 Å². The highest BCUT2D eigenvalue weighted by atomic mass is 35.7. The zero-order valence-corrected chi connectivity index (χ0v) is 8.64. The third-order valence-electron chi connectivity index (χ3n) is 1.67. The molecule has 0 aliphatic heterocycles. The Balaban J connectivity index is 2.27. The summed E-state index contributed by atoms with van der Waals surface area (Å²) in [6.45, 7) is 0. The van der Waals surface area contributed by atoms with Crippen LogP contribution in [0.15, 0.2) is 0 Å². The maximum Gasteiger partial charge on any atom is 0.232 e. The van der Waals surface area contributed by atoms with Gasteiger partial charge < -0.3 is 0 Å². The van der Waals surface area contributed by atoms with Crippen molar-refractivity contribution < 1.29 is 8.42 Å². The Bertz CT molecular complexity index is 246. The van der Waals surface area contributed by atoms with Crippen molar-refractivity contribution in [3.63, 3.8) is 0 Å². The summed E-state index contributed by atoms with van der Waals surface area (Å²) >= 11 is 11.3. The first kappa shape index (κ1) is 9.90. The van der Waals surface area contributed by atoms with Crippen LogP contribution in [0.5, 0.6) is 0 Å². The Kier molecular flexibility index (Phi) is 2.65. The molecule has 6 heteroatoms. The summed E-state index contributed by atoms with van der Waals surface area (Å²) in [7, 11) is 1.61. The van der Waals surface area contributed by atoms with E-state index >= 15 is 0 Å². The minimum Gasteiger partial charge on any atom is -0.212 e. The van der Waals surface area contributed by atoms with Gasteiger partial charge in [0.2, 0.25) is 9.05 Å². The highest BCUT2D eigenvalue weighted by molar-refractivity contribution is 8.13. The molecule has 0 radical (unpaired) electrons. The molecule has 1 fully saturated rings. The molecular weight excluding hydrogens is 230 g/mol. The van der Waals surface area contributed by atoms with E-state index in [4.69, 9.17) is 33.9 Å². The third kappa shape index (κ3) is 3.36. The molecule has 0 amide bonds. The van der Waals surface area contributed by atoms with Crippen LogP contribution in [0.1, 0.15) is 12.8 Å². The minimum absolute atomic E-state index is 0.0413. The van der Waals surface area contributed by atoms with E-state index < -0.39 is 13.4 Å². The van der Waals surface area contributed by atoms with Gasteiger partial charge in [-0.1, -0.05) is 0 Å². The van der Waals surface area contributed by atoms with Crippen molar-refractivity contribution in [1.82, 2.24) is 0 Å². The molecule has 0 bridgehead atoms. The number of hydrogen-bond donors (Lipinski definition) is 0. The second-order valence-corrected chi connectivity index (χ2v) is 7.13. The predicted octanol–water partition coefficient (Wildman–Crippen LogP) is 2.14. The summed E-state index contributed by atoms with van der Waals surface area (Å²) in [6, 6.07) is 0. The summed E-state index contributed by atoms with van der Waals surface area (Å²) in [5, 5.41) is 0. The van der Waals surface area contributed by atoms with Crippen LogP contribution in [-0.4, -0.2) is 18.5 Å². The number of hydrogen-bond acceptors (Lipinski definition) is 2. The van der Waals surface area contributed by atoms with Gasteiger partial charge in [0, 0.05) is 10.7 Å². The summed E-state index contributed by atoms with van der Waals surface area (Å²) in [5.41, 5.74) is 0. The number of halogens is 3. The molecule has 0 aromatic heterocycles. The van der Waals surface area contributed by atoms with Crippen LogP contribution >= 0.6 is 33.9 Å². The van der Waals surface area contributed by atoms with Gasteiger partial charge in [-0.15, -0.1) is 23.2 Å². The van der Waals surface area contributed by atoms with E-state index in [9.17, 15) is 8.42 Å². The smallest absolute Gasteiger partial charge is 0.212 e. The van der Waals surface area contributed by atoms with Gasteiger partial charge in [0.05, 0.1) is 5.75 Å². The quantitative estimate of drug-likeness (QED) is 0.557. The maximum absolute atomic E-state index is 10.5. The second kappa shape index (κ2) is 2.95. The van der Waals surface area contributed by atoms with E-state index in [2.05, 4.69) is 0 Å². The van der Waals surface area contributed by atoms with Crippen molar-refractivity contribution >= 4 is 42.9 Å². The highest BCUT2D eigenvalue weighted by Gasteiger charge is 2.51. The molecule has 0 saturated heterocycles. The van der Waals surface area contributed by atoms with Crippen LogP contribution in [0.4, 0.5) is 0 Å². The van der Waals surface area contributed by atoms with Crippen LogP contribution in [0, 0.1) is 5.92 Å². The lowest BCUT2D eigenvalue weighted by molar-refractivity contribution is 0.603. The van der Waals surface area contributed by atoms with Gasteiger partial charge in [0.1, 0.15) is 4.33 Å². The lowest BCUT2D eigenvalue weighted by Gasteiger charge is -1.96. The van der Waals surface area contributed by atoms with E-state index in [1.54, 1.807) is 0 Å². The number of alkyl halides is 2. The van der Waals surface area contributed by atoms with Crippen LogP contribution in [0.25, 0.3) is 0 Å². The van der Waals surface area contributed by atoms with Crippen LogP contribution < -0.4 is 0 Å². The van der Waals surface area contributed by atoms with E-state index in [-0.39, 0.29) is 11.7 Å². The summed E-state index contributed by atoms with van der Waals surface area (Å²) in [6.07, 6.45) is 1.13. The molecule has 1 aliphatic carbocycles. The lowest BCUT2D eigenvalue weighted by atomic mass is 10.3. The van der Waals surface area contributed by atoms with Crippen molar-refractivity contribution in [3.8, 4) is 0 Å². The lowest BCUT2D eigenvalue weighted by Crippen LogP contribution is -2.00. The largest absolute Gasteiger partial charge is 0.232 e. The molecule has 0 aromatic rings. The zero-order chi connectivity index (χ0) is 8.70. The fourth-order valence-electron chi connectivity index (χ4n) is 0.866. The Morgan fingerprint density at radius 2 is 1.91 bits per heavy atom. The SMILES string of the molecule is O=S(=O)(Cl)CC[C@@H]1CC1(Cl)Cl. The van der Waals surface area contributed by atoms with Gasteiger partial charge in [-0.05, 0) is 18.8 Å². The standard InChI is InChI=1S/C5H7Cl3O2S/c6-5(7)3-4(5)1-2-11(8,9)10/h4H,1-3H2/t4-/m1/s1. The van der Waals surface area contributed by atoms with Gasteiger partial charge in [0.15, 0.2) is 0 Å². The van der Waals surface area contributed by atoms with E-state index in [1.807, 2.05) is 0 Å². The monoisotopic (exact) mass is 236 g/mol. The molecule has 2 nitrogen and oxygen atoms in total. The maximum atomic E-state index is 10.5. The number of rotatable bonds is 3. The zero-order valence-electron chi connectivity index (χ0n) is 5.56. The molecule has 0 aromatic carbocycles. The fourth-order valence-corrected chi connectivity index (χ4v) is 2.29. The van der Waals surface area contributed by atoms with Gasteiger partial charge in [0.25, 0.3) is 0 Å². The molecule has 66 valence electrons. The minimum atomic E-state index is -3.37. The first-order valence-electron chi connectivity index (χ1n) is 3.11. The average molecular weight is 238 g/mol. The second-order valence-electron chi connectivity index (χ2n) is 2.69. The van der Waals surface area contributed by atoms with Crippen LogP contribution in [-0.2, 0) is 9.05 Å². The van der Waals surface area contributed by atoms with Gasteiger partial charge >= 0.3 is 0 Å². The van der Waals surface area contributed by atoms with Crippen molar-refractivity contribution in [3.05, 3.63) is 0 Å². The summed E-state index contributed by atoms with van der Waals surface area (Å²) in [4.78, 5) is 0. The Labute approximate surface area is 80.2 Å². The highest BCUT2D eigenvalue weighted by Crippen LogP contribution is 2.55. The first-order valence-corrected chi connectivity index (χ1v) is 6.35. The van der Waals surface area contributed by atoms with E-state index in [0.29, 0.717) is 12.8 Å². The summed E-state index contributed by atoms with van der Waals surface area (Å²) in [5.74, 6) is 0.0554. The molecule has 0 spiro atoms. The topological polar surface area (TPSA) is 34.1 Å². The molecule has 1 atom stereocenters. The third-order valence-corrected chi connectivity index (χ3v) is 3.78. The Hall–Kier alpha value is 0.820. The van der Waals surface area contributed by atoms with Gasteiger partial charge in [-0.3, -0.25) is 0 Å².